The van der Waals surface area contributed by atoms with Crippen molar-refractivity contribution >= 4 is 17.4 Å². The number of nitrogens with one attached hydrogen (secondary N) is 1. The van der Waals surface area contributed by atoms with Gasteiger partial charge in [0, 0.05) is 6.04 Å². The van der Waals surface area contributed by atoms with Crippen LogP contribution in [0.1, 0.15) is 19.3 Å². The molecule has 0 radical (unpaired) electrons. The first kappa shape index (κ1) is 10.4. The van der Waals surface area contributed by atoms with Crippen molar-refractivity contribution in [3.63, 3.8) is 0 Å². The molecule has 80 valence electrons. The van der Waals surface area contributed by atoms with Crippen molar-refractivity contribution in [2.75, 3.05) is 5.32 Å². The lowest BCUT2D eigenvalue weighted by atomic mass is 10.0. The molecule has 0 spiro atoms. The minimum absolute atomic E-state index is 0.279. The van der Waals surface area contributed by atoms with Gasteiger partial charge in [-0.2, -0.15) is 9.37 Å². The molecule has 3 nitrogen and oxygen atoms in total. The van der Waals surface area contributed by atoms with Gasteiger partial charge >= 0.3 is 6.08 Å². The Balaban J connectivity index is 2.09. The minimum atomic E-state index is -0.756. The van der Waals surface area contributed by atoms with Crippen LogP contribution in [0.5, 0.6) is 0 Å². The van der Waals surface area contributed by atoms with Crippen molar-refractivity contribution in [3.05, 3.63) is 29.4 Å². The van der Waals surface area contributed by atoms with Gasteiger partial charge in [0.25, 0.3) is 0 Å². The van der Waals surface area contributed by atoms with Crippen molar-refractivity contribution in [1.29, 1.82) is 0 Å². The minimum Gasteiger partial charge on any atom is -0.366 e. The number of anilines is 1. The van der Waals surface area contributed by atoms with Gasteiger partial charge < -0.3 is 5.32 Å². The van der Waals surface area contributed by atoms with Crippen molar-refractivity contribution in [1.82, 2.24) is 9.97 Å². The summed E-state index contributed by atoms with van der Waals surface area (Å²) in [6.07, 6.45) is 7.72. The van der Waals surface area contributed by atoms with E-state index in [1.54, 1.807) is 0 Å². The summed E-state index contributed by atoms with van der Waals surface area (Å²) in [6, 6.07) is 0.279. The highest BCUT2D eigenvalue weighted by atomic mass is 35.5. The smallest absolute Gasteiger partial charge is 0.310 e. The Morgan fingerprint density at radius 2 is 2.33 bits per heavy atom. The highest BCUT2D eigenvalue weighted by molar-refractivity contribution is 6.32. The summed E-state index contributed by atoms with van der Waals surface area (Å²) >= 11 is 5.84. The lowest BCUT2D eigenvalue weighted by Crippen LogP contribution is -2.21. The summed E-state index contributed by atoms with van der Waals surface area (Å²) in [7, 11) is 0. The van der Waals surface area contributed by atoms with E-state index in [-0.39, 0.29) is 6.04 Å². The Bertz CT molecular complexity index is 381. The lowest BCUT2D eigenvalue weighted by molar-refractivity contribution is 0.537. The molecule has 1 unspecified atom stereocenters. The zero-order valence-electron chi connectivity index (χ0n) is 8.08. The quantitative estimate of drug-likeness (QED) is 0.624. The van der Waals surface area contributed by atoms with Crippen molar-refractivity contribution < 1.29 is 4.39 Å². The third-order valence-electron chi connectivity index (χ3n) is 2.32. The van der Waals surface area contributed by atoms with E-state index in [1.165, 1.54) is 6.20 Å². The van der Waals surface area contributed by atoms with Crippen LogP contribution in [0.15, 0.2) is 18.3 Å². The number of rotatable bonds is 2. The van der Waals surface area contributed by atoms with E-state index < -0.39 is 6.08 Å². The van der Waals surface area contributed by atoms with Gasteiger partial charge in [0.2, 0.25) is 0 Å². The molecule has 1 heterocycles. The normalized spacial score (nSPS) is 20.3. The number of allylic oxidation sites excluding steroid dienone is 1. The fraction of sp³-hybridized carbons (Fsp3) is 0.400. The Morgan fingerprint density at radius 1 is 1.47 bits per heavy atom. The molecule has 0 bridgehead atoms. The molecule has 2 rings (SSSR count). The Morgan fingerprint density at radius 3 is 3.07 bits per heavy atom. The Hall–Kier alpha value is -1.16. The van der Waals surface area contributed by atoms with Crippen LogP contribution in [-0.4, -0.2) is 16.0 Å². The maximum Gasteiger partial charge on any atom is 0.310 e. The molecule has 1 atom stereocenters. The van der Waals surface area contributed by atoms with Crippen LogP contribution in [0.3, 0.4) is 0 Å². The maximum atomic E-state index is 12.8. The number of aromatic nitrogens is 2. The fourth-order valence-electron chi connectivity index (χ4n) is 1.56. The third-order valence-corrected chi connectivity index (χ3v) is 2.60. The van der Waals surface area contributed by atoms with Crippen LogP contribution in [-0.2, 0) is 0 Å². The molecule has 1 aliphatic rings. The van der Waals surface area contributed by atoms with Crippen molar-refractivity contribution in [2.24, 2.45) is 0 Å². The van der Waals surface area contributed by atoms with E-state index in [9.17, 15) is 4.39 Å². The van der Waals surface area contributed by atoms with E-state index in [2.05, 4.69) is 27.4 Å². The lowest BCUT2D eigenvalue weighted by Gasteiger charge is -2.20. The predicted molar refractivity (Wildman–Crippen MR) is 57.4 cm³/mol. The summed E-state index contributed by atoms with van der Waals surface area (Å²) in [5.74, 6) is 0.379. The third kappa shape index (κ3) is 2.65. The Labute approximate surface area is 92.4 Å². The first-order chi connectivity index (χ1) is 7.25. The van der Waals surface area contributed by atoms with Gasteiger partial charge in [-0.15, -0.1) is 0 Å². The second kappa shape index (κ2) is 4.57. The zero-order chi connectivity index (χ0) is 10.7. The van der Waals surface area contributed by atoms with E-state index in [1.807, 2.05) is 0 Å². The van der Waals surface area contributed by atoms with Crippen molar-refractivity contribution in [2.45, 2.75) is 25.3 Å². The molecular weight excluding hydrogens is 217 g/mol. The van der Waals surface area contributed by atoms with E-state index >= 15 is 0 Å². The summed E-state index contributed by atoms with van der Waals surface area (Å²) < 4.78 is 12.8. The van der Waals surface area contributed by atoms with E-state index in [0.717, 1.165) is 19.3 Å². The number of nitrogens with zero attached hydrogens (tertiary/aromatic N) is 2. The molecule has 0 amide bonds. The van der Waals surface area contributed by atoms with Crippen LogP contribution < -0.4 is 5.32 Å². The Kier molecular flexibility index (Phi) is 3.16. The molecule has 1 aromatic rings. The molecular formula is C10H11ClFN3. The molecule has 1 N–H and O–H groups in total. The molecule has 0 fully saturated rings. The average molecular weight is 228 g/mol. The average Bonchev–Trinajstić information content (AvgIpc) is 2.25. The highest BCUT2D eigenvalue weighted by Crippen LogP contribution is 2.21. The summed E-state index contributed by atoms with van der Waals surface area (Å²) in [6.45, 7) is 0. The summed E-state index contributed by atoms with van der Waals surface area (Å²) in [5, 5.41) is 3.47. The first-order valence-electron chi connectivity index (χ1n) is 4.85. The van der Waals surface area contributed by atoms with Crippen LogP contribution in [0, 0.1) is 6.08 Å². The molecule has 0 aliphatic heterocycles. The van der Waals surface area contributed by atoms with Crippen LogP contribution in [0.25, 0.3) is 0 Å². The van der Waals surface area contributed by atoms with Crippen molar-refractivity contribution in [3.8, 4) is 0 Å². The van der Waals surface area contributed by atoms with E-state index in [4.69, 9.17) is 11.6 Å². The standard InChI is InChI=1S/C10H11ClFN3/c11-8-6-13-10(12)15-9(8)14-7-4-2-1-3-5-7/h1-2,6-7H,3-5H2,(H,13,14,15). The number of hydrogen-bond donors (Lipinski definition) is 1. The molecule has 15 heavy (non-hydrogen) atoms. The summed E-state index contributed by atoms with van der Waals surface area (Å²) in [4.78, 5) is 6.99. The van der Waals surface area contributed by atoms with Gasteiger partial charge in [0.1, 0.15) is 5.02 Å². The predicted octanol–water partition coefficient (Wildman–Crippen LogP) is 2.79. The largest absolute Gasteiger partial charge is 0.366 e. The molecule has 5 heteroatoms. The van der Waals surface area contributed by atoms with Gasteiger partial charge in [-0.3, -0.25) is 0 Å². The zero-order valence-corrected chi connectivity index (χ0v) is 8.84. The fourth-order valence-corrected chi connectivity index (χ4v) is 1.71. The van der Waals surface area contributed by atoms with Gasteiger partial charge in [-0.05, 0) is 19.3 Å². The second-order valence-electron chi connectivity index (χ2n) is 3.46. The number of halogens is 2. The van der Waals surface area contributed by atoms with E-state index in [0.29, 0.717) is 10.8 Å². The molecule has 0 saturated carbocycles. The molecule has 0 aromatic carbocycles. The van der Waals surface area contributed by atoms with Gasteiger partial charge in [0.15, 0.2) is 5.82 Å². The first-order valence-corrected chi connectivity index (χ1v) is 5.23. The number of hydrogen-bond acceptors (Lipinski definition) is 3. The monoisotopic (exact) mass is 227 g/mol. The maximum absolute atomic E-state index is 12.8. The molecule has 0 saturated heterocycles. The van der Waals surface area contributed by atoms with Gasteiger partial charge in [0.05, 0.1) is 6.20 Å². The topological polar surface area (TPSA) is 37.8 Å². The van der Waals surface area contributed by atoms with Crippen LogP contribution in [0.4, 0.5) is 10.2 Å². The van der Waals surface area contributed by atoms with Gasteiger partial charge in [-0.1, -0.05) is 23.8 Å². The van der Waals surface area contributed by atoms with Crippen LogP contribution in [0.2, 0.25) is 5.02 Å². The second-order valence-corrected chi connectivity index (χ2v) is 3.87. The van der Waals surface area contributed by atoms with Crippen LogP contribution >= 0.6 is 11.6 Å². The molecule has 1 aromatic heterocycles. The summed E-state index contributed by atoms with van der Waals surface area (Å²) in [5.41, 5.74) is 0. The highest BCUT2D eigenvalue weighted by Gasteiger charge is 2.12. The SMILES string of the molecule is Fc1ncc(Cl)c(NC2CC=CCC2)n1. The van der Waals surface area contributed by atoms with Gasteiger partial charge in [-0.25, -0.2) is 4.98 Å². The molecule has 1 aliphatic carbocycles.